The van der Waals surface area contributed by atoms with Gasteiger partial charge in [-0.15, -0.1) is 0 Å². The molecule has 9 nitrogen and oxygen atoms in total. The fourth-order valence-electron chi connectivity index (χ4n) is 3.71. The molecule has 0 aliphatic rings. The van der Waals surface area contributed by atoms with Gasteiger partial charge in [0.15, 0.2) is 5.76 Å². The van der Waals surface area contributed by atoms with E-state index in [0.717, 1.165) is 36.1 Å². The molecule has 0 bridgehead atoms. The summed E-state index contributed by atoms with van der Waals surface area (Å²) in [7, 11) is 3.53. The van der Waals surface area contributed by atoms with Gasteiger partial charge in [-0.1, -0.05) is 37.1 Å². The van der Waals surface area contributed by atoms with E-state index >= 15 is 0 Å². The molecule has 0 aliphatic carbocycles. The third-order valence-electron chi connectivity index (χ3n) is 5.68. The van der Waals surface area contributed by atoms with E-state index in [4.69, 9.17) is 4.42 Å². The van der Waals surface area contributed by atoms with Crippen molar-refractivity contribution >= 4 is 23.3 Å². The quantitative estimate of drug-likeness (QED) is 0.301. The number of nitrogens with one attached hydrogen (secondary N) is 2. The normalized spacial score (nSPS) is 11.8. The first-order valence-corrected chi connectivity index (χ1v) is 12.3. The average molecular weight is 493 g/mol. The largest absolute Gasteiger partial charge is 0.438 e. The van der Waals surface area contributed by atoms with Crippen molar-refractivity contribution in [3.63, 3.8) is 0 Å². The topological polar surface area (TPSA) is 115 Å². The van der Waals surface area contributed by atoms with Gasteiger partial charge in [0.2, 0.25) is 11.8 Å². The van der Waals surface area contributed by atoms with Crippen LogP contribution in [0, 0.1) is 0 Å². The van der Waals surface area contributed by atoms with Gasteiger partial charge in [0, 0.05) is 43.2 Å². The van der Waals surface area contributed by atoms with E-state index in [1.54, 1.807) is 29.5 Å². The van der Waals surface area contributed by atoms with Crippen molar-refractivity contribution < 1.29 is 14.0 Å². The molecule has 10 heteroatoms. The molecule has 1 atom stereocenters. The Morgan fingerprint density at radius 2 is 1.89 bits per heavy atom. The molecule has 0 saturated heterocycles. The van der Waals surface area contributed by atoms with Gasteiger partial charge in [-0.3, -0.25) is 14.3 Å². The lowest BCUT2D eigenvalue weighted by atomic mass is 10.1. The molecule has 0 saturated carbocycles. The second-order valence-corrected chi connectivity index (χ2v) is 8.88. The standard InChI is InChI=1S/C25H28N6O3S/c1-26-23(32)7-5-3-4-6-21(29-24(33)19-14-28-35-16-19)25-27-15-22(34-25)18-10-8-17(9-11-18)20-12-13-31(2)30-20/h8-16,21H,3-7H2,1-2H3,(H,26,32)(H,29,33). The van der Waals surface area contributed by atoms with Crippen LogP contribution in [-0.2, 0) is 11.8 Å². The van der Waals surface area contributed by atoms with Crippen molar-refractivity contribution in [3.8, 4) is 22.6 Å². The highest BCUT2D eigenvalue weighted by molar-refractivity contribution is 7.03. The van der Waals surface area contributed by atoms with Crippen LogP contribution in [0.3, 0.4) is 0 Å². The van der Waals surface area contributed by atoms with E-state index in [0.29, 0.717) is 30.1 Å². The summed E-state index contributed by atoms with van der Waals surface area (Å²) in [6, 6.07) is 9.51. The van der Waals surface area contributed by atoms with Gasteiger partial charge in [0.05, 0.1) is 23.7 Å². The summed E-state index contributed by atoms with van der Waals surface area (Å²) < 4.78 is 11.9. The molecule has 4 rings (SSSR count). The summed E-state index contributed by atoms with van der Waals surface area (Å²) >= 11 is 1.23. The maximum atomic E-state index is 12.7. The number of nitrogens with zero attached hydrogens (tertiary/aromatic N) is 4. The van der Waals surface area contributed by atoms with Gasteiger partial charge < -0.3 is 15.1 Å². The van der Waals surface area contributed by atoms with Crippen molar-refractivity contribution in [3.05, 3.63) is 65.8 Å². The SMILES string of the molecule is CNC(=O)CCCCCC(NC(=O)c1cnsc1)c1ncc(-c2ccc(-c3ccn(C)n3)cc2)o1. The van der Waals surface area contributed by atoms with Crippen LogP contribution >= 0.6 is 11.5 Å². The van der Waals surface area contributed by atoms with Gasteiger partial charge in [0.25, 0.3) is 5.91 Å². The minimum Gasteiger partial charge on any atom is -0.438 e. The first-order chi connectivity index (χ1) is 17.0. The minimum atomic E-state index is -0.385. The third kappa shape index (κ3) is 6.42. The minimum absolute atomic E-state index is 0.0335. The number of benzene rings is 1. The number of hydrogen-bond acceptors (Lipinski definition) is 7. The predicted molar refractivity (Wildman–Crippen MR) is 134 cm³/mol. The number of amides is 2. The van der Waals surface area contributed by atoms with Crippen molar-refractivity contribution in [1.82, 2.24) is 29.8 Å². The average Bonchev–Trinajstić information content (AvgIpc) is 3.65. The number of carbonyl (C=O) groups is 2. The van der Waals surface area contributed by atoms with Crippen LogP contribution in [0.2, 0.25) is 0 Å². The van der Waals surface area contributed by atoms with Crippen LogP contribution in [0.25, 0.3) is 22.6 Å². The molecule has 35 heavy (non-hydrogen) atoms. The molecule has 2 N–H and O–H groups in total. The van der Waals surface area contributed by atoms with Crippen LogP contribution in [0.15, 0.2) is 58.7 Å². The monoisotopic (exact) mass is 492 g/mol. The zero-order chi connectivity index (χ0) is 24.6. The maximum Gasteiger partial charge on any atom is 0.254 e. The predicted octanol–water partition coefficient (Wildman–Crippen LogP) is 4.37. The highest BCUT2D eigenvalue weighted by Crippen LogP contribution is 2.28. The number of hydrogen-bond donors (Lipinski definition) is 2. The zero-order valence-electron chi connectivity index (χ0n) is 19.7. The number of rotatable bonds is 11. The summed E-state index contributed by atoms with van der Waals surface area (Å²) in [5, 5.41) is 11.8. The molecule has 3 heterocycles. The van der Waals surface area contributed by atoms with E-state index in [2.05, 4.69) is 25.1 Å². The van der Waals surface area contributed by atoms with Crippen molar-refractivity contribution in [2.45, 2.75) is 38.1 Å². The fourth-order valence-corrected chi connectivity index (χ4v) is 4.22. The van der Waals surface area contributed by atoms with E-state index in [-0.39, 0.29) is 17.9 Å². The smallest absolute Gasteiger partial charge is 0.254 e. The Bertz CT molecular complexity index is 1250. The van der Waals surface area contributed by atoms with Gasteiger partial charge in [-0.05, 0) is 30.4 Å². The molecule has 2 amide bonds. The molecule has 0 aliphatic heterocycles. The van der Waals surface area contributed by atoms with E-state index in [1.165, 1.54) is 11.5 Å². The fraction of sp³-hybridized carbons (Fsp3) is 0.320. The summed E-state index contributed by atoms with van der Waals surface area (Å²) in [6.45, 7) is 0. The zero-order valence-corrected chi connectivity index (χ0v) is 20.5. The summed E-state index contributed by atoms with van der Waals surface area (Å²) in [4.78, 5) is 28.6. The summed E-state index contributed by atoms with van der Waals surface area (Å²) in [5.41, 5.74) is 3.32. The molecule has 3 aromatic heterocycles. The van der Waals surface area contributed by atoms with E-state index in [1.807, 2.05) is 43.6 Å². The Labute approximate surface area is 207 Å². The summed E-state index contributed by atoms with van der Waals surface area (Å²) in [6.07, 6.45) is 8.75. The highest BCUT2D eigenvalue weighted by Gasteiger charge is 2.21. The second kappa shape index (κ2) is 11.6. The maximum absolute atomic E-state index is 12.7. The Balaban J connectivity index is 1.45. The lowest BCUT2D eigenvalue weighted by Gasteiger charge is -2.15. The number of aryl methyl sites for hydroxylation is 1. The number of oxazole rings is 1. The molecule has 182 valence electrons. The van der Waals surface area contributed by atoms with Gasteiger partial charge in [-0.25, -0.2) is 9.36 Å². The molecule has 0 radical (unpaired) electrons. The lowest BCUT2D eigenvalue weighted by molar-refractivity contribution is -0.120. The van der Waals surface area contributed by atoms with Crippen molar-refractivity contribution in [2.75, 3.05) is 7.05 Å². The first-order valence-electron chi connectivity index (χ1n) is 11.5. The van der Waals surface area contributed by atoms with Crippen molar-refractivity contribution in [1.29, 1.82) is 0 Å². The Kier molecular flexibility index (Phi) is 8.04. The van der Waals surface area contributed by atoms with Crippen LogP contribution in [0.1, 0.15) is 54.4 Å². The third-order valence-corrected chi connectivity index (χ3v) is 6.26. The second-order valence-electron chi connectivity index (χ2n) is 8.23. The highest BCUT2D eigenvalue weighted by atomic mass is 32.1. The molecular formula is C25H28N6O3S. The Morgan fingerprint density at radius 3 is 2.57 bits per heavy atom. The molecule has 1 unspecified atom stereocenters. The first kappa shape index (κ1) is 24.3. The van der Waals surface area contributed by atoms with Gasteiger partial charge in [0.1, 0.15) is 6.04 Å². The van der Waals surface area contributed by atoms with Crippen molar-refractivity contribution in [2.24, 2.45) is 7.05 Å². The van der Waals surface area contributed by atoms with Crippen LogP contribution < -0.4 is 10.6 Å². The molecule has 0 spiro atoms. The number of unbranched alkanes of at least 4 members (excludes halogenated alkanes) is 2. The number of carbonyl (C=O) groups excluding carboxylic acids is 2. The molecular weight excluding hydrogens is 464 g/mol. The van der Waals surface area contributed by atoms with Gasteiger partial charge in [-0.2, -0.15) is 5.10 Å². The van der Waals surface area contributed by atoms with Gasteiger partial charge >= 0.3 is 0 Å². The lowest BCUT2D eigenvalue weighted by Crippen LogP contribution is -2.28. The molecule has 4 aromatic rings. The Morgan fingerprint density at radius 1 is 1.09 bits per heavy atom. The van der Waals surface area contributed by atoms with Crippen LogP contribution in [-0.4, -0.2) is 38.0 Å². The Hall–Kier alpha value is -3.79. The molecule has 1 aromatic carbocycles. The van der Waals surface area contributed by atoms with E-state index < -0.39 is 0 Å². The van der Waals surface area contributed by atoms with Crippen LogP contribution in [0.5, 0.6) is 0 Å². The van der Waals surface area contributed by atoms with E-state index in [9.17, 15) is 9.59 Å². The number of aromatic nitrogens is 4. The summed E-state index contributed by atoms with van der Waals surface area (Å²) in [5.74, 6) is 0.903. The van der Waals surface area contributed by atoms with Crippen LogP contribution in [0.4, 0.5) is 0 Å². The molecule has 0 fully saturated rings.